The maximum atomic E-state index is 11.9. The molecule has 1 aromatic carbocycles. The third kappa shape index (κ3) is 4.69. The minimum atomic E-state index is -0.983. The van der Waals surface area contributed by atoms with Gasteiger partial charge in [-0.05, 0) is 24.6 Å². The lowest BCUT2D eigenvalue weighted by Gasteiger charge is -2.15. The van der Waals surface area contributed by atoms with Gasteiger partial charge in [0.15, 0.2) is 0 Å². The van der Waals surface area contributed by atoms with Crippen molar-refractivity contribution in [3.63, 3.8) is 0 Å². The standard InChI is InChI=1S/C12H14N4O3/c1-2-19-12(18)10(8-14-16-13)15-11(17)9-6-4-3-5-7-9/h3-7,10H,2,8H2,1H3,(H,15,17)/t10-/m0/s1. The average Bonchev–Trinajstić information content (AvgIpc) is 2.44. The van der Waals surface area contributed by atoms with Crippen LogP contribution in [0.5, 0.6) is 0 Å². The number of nitrogens with zero attached hydrogens (tertiary/aromatic N) is 3. The highest BCUT2D eigenvalue weighted by Crippen LogP contribution is 2.00. The van der Waals surface area contributed by atoms with Gasteiger partial charge < -0.3 is 10.1 Å². The summed E-state index contributed by atoms with van der Waals surface area (Å²) in [5, 5.41) is 5.76. The number of nitrogens with one attached hydrogen (secondary N) is 1. The van der Waals surface area contributed by atoms with Gasteiger partial charge in [-0.25, -0.2) is 4.79 Å². The van der Waals surface area contributed by atoms with Gasteiger partial charge in [0.05, 0.1) is 13.2 Å². The van der Waals surface area contributed by atoms with Crippen LogP contribution in [0.1, 0.15) is 17.3 Å². The molecule has 0 radical (unpaired) electrons. The van der Waals surface area contributed by atoms with E-state index in [1.807, 2.05) is 0 Å². The molecule has 1 aromatic rings. The summed E-state index contributed by atoms with van der Waals surface area (Å²) in [6.07, 6.45) is 0. The molecule has 0 saturated heterocycles. The molecule has 1 amide bonds. The first-order valence-corrected chi connectivity index (χ1v) is 5.72. The van der Waals surface area contributed by atoms with E-state index < -0.39 is 17.9 Å². The minimum Gasteiger partial charge on any atom is -0.464 e. The van der Waals surface area contributed by atoms with Crippen LogP contribution >= 0.6 is 0 Å². The Balaban J connectivity index is 2.74. The largest absolute Gasteiger partial charge is 0.464 e. The molecule has 100 valence electrons. The number of carbonyl (C=O) groups excluding carboxylic acids is 2. The van der Waals surface area contributed by atoms with Gasteiger partial charge in [-0.1, -0.05) is 23.3 Å². The summed E-state index contributed by atoms with van der Waals surface area (Å²) in [4.78, 5) is 26.0. The highest BCUT2D eigenvalue weighted by molar-refractivity contribution is 5.96. The van der Waals surface area contributed by atoms with E-state index in [1.54, 1.807) is 37.3 Å². The SMILES string of the molecule is CCOC(=O)[C@H](CN=[N+]=[N-])NC(=O)c1ccccc1. The number of rotatable bonds is 6. The average molecular weight is 262 g/mol. The van der Waals surface area contributed by atoms with E-state index in [0.29, 0.717) is 5.56 Å². The summed E-state index contributed by atoms with van der Waals surface area (Å²) >= 11 is 0. The molecule has 0 bridgehead atoms. The molecule has 0 aliphatic heterocycles. The molecule has 0 spiro atoms. The number of hydrogen-bond donors (Lipinski definition) is 1. The maximum Gasteiger partial charge on any atom is 0.328 e. The highest BCUT2D eigenvalue weighted by atomic mass is 16.5. The molecule has 19 heavy (non-hydrogen) atoms. The molecule has 0 aliphatic carbocycles. The third-order valence-electron chi connectivity index (χ3n) is 2.24. The number of amides is 1. The number of benzene rings is 1. The lowest BCUT2D eigenvalue weighted by Crippen LogP contribution is -2.43. The summed E-state index contributed by atoms with van der Waals surface area (Å²) in [6, 6.07) is 7.45. The third-order valence-corrected chi connectivity index (χ3v) is 2.24. The normalized spacial score (nSPS) is 11.0. The molecular weight excluding hydrogens is 248 g/mol. The second-order valence-electron chi connectivity index (χ2n) is 3.56. The van der Waals surface area contributed by atoms with Crippen molar-refractivity contribution in [3.05, 3.63) is 46.3 Å². The second kappa shape index (κ2) is 7.73. The zero-order valence-corrected chi connectivity index (χ0v) is 10.4. The topological polar surface area (TPSA) is 104 Å². The van der Waals surface area contributed by atoms with Crippen LogP contribution < -0.4 is 5.32 Å². The van der Waals surface area contributed by atoms with E-state index in [-0.39, 0.29) is 13.2 Å². The number of carbonyl (C=O) groups is 2. The van der Waals surface area contributed by atoms with Crippen LogP contribution in [0.15, 0.2) is 35.4 Å². The molecule has 0 heterocycles. The van der Waals surface area contributed by atoms with Crippen LogP contribution in [0.4, 0.5) is 0 Å². The highest BCUT2D eigenvalue weighted by Gasteiger charge is 2.21. The lowest BCUT2D eigenvalue weighted by atomic mass is 10.2. The van der Waals surface area contributed by atoms with Gasteiger partial charge in [0.25, 0.3) is 5.91 Å². The van der Waals surface area contributed by atoms with Gasteiger partial charge in [0.1, 0.15) is 6.04 Å². The Bertz CT molecular complexity index is 483. The van der Waals surface area contributed by atoms with E-state index in [4.69, 9.17) is 10.3 Å². The first-order valence-electron chi connectivity index (χ1n) is 5.72. The van der Waals surface area contributed by atoms with Crippen molar-refractivity contribution in [2.75, 3.05) is 13.2 Å². The molecule has 0 aromatic heterocycles. The smallest absolute Gasteiger partial charge is 0.328 e. The second-order valence-corrected chi connectivity index (χ2v) is 3.56. The van der Waals surface area contributed by atoms with E-state index in [1.165, 1.54) is 0 Å². The Morgan fingerprint density at radius 2 is 2.11 bits per heavy atom. The van der Waals surface area contributed by atoms with E-state index in [9.17, 15) is 9.59 Å². The zero-order chi connectivity index (χ0) is 14.1. The Labute approximate surface area is 110 Å². The summed E-state index contributed by atoms with van der Waals surface area (Å²) in [6.45, 7) is 1.66. The molecule has 7 nitrogen and oxygen atoms in total. The monoisotopic (exact) mass is 262 g/mol. The fraction of sp³-hybridized carbons (Fsp3) is 0.333. The van der Waals surface area contributed by atoms with Gasteiger partial charge >= 0.3 is 5.97 Å². The minimum absolute atomic E-state index is 0.187. The molecule has 1 atom stereocenters. The van der Waals surface area contributed by atoms with Crippen LogP contribution in [0.25, 0.3) is 10.4 Å². The summed E-state index contributed by atoms with van der Waals surface area (Å²) < 4.78 is 4.80. The first kappa shape index (κ1) is 14.5. The van der Waals surface area contributed by atoms with Crippen molar-refractivity contribution in [2.24, 2.45) is 5.11 Å². The Morgan fingerprint density at radius 3 is 2.68 bits per heavy atom. The fourth-order valence-corrected chi connectivity index (χ4v) is 1.37. The molecular formula is C12H14N4O3. The van der Waals surface area contributed by atoms with E-state index in [0.717, 1.165) is 0 Å². The van der Waals surface area contributed by atoms with Crippen LogP contribution in [0, 0.1) is 0 Å². The van der Waals surface area contributed by atoms with Crippen LogP contribution in [-0.4, -0.2) is 31.1 Å². The van der Waals surface area contributed by atoms with Crippen molar-refractivity contribution in [1.29, 1.82) is 0 Å². The molecule has 7 heteroatoms. The molecule has 1 rings (SSSR count). The van der Waals surface area contributed by atoms with Crippen LogP contribution in [0.3, 0.4) is 0 Å². The van der Waals surface area contributed by atoms with E-state index >= 15 is 0 Å². The van der Waals surface area contributed by atoms with Gasteiger partial charge in [-0.3, -0.25) is 4.79 Å². The lowest BCUT2D eigenvalue weighted by molar-refractivity contribution is -0.145. The maximum absolute atomic E-state index is 11.9. The number of azide groups is 1. The van der Waals surface area contributed by atoms with Crippen molar-refractivity contribution in [2.45, 2.75) is 13.0 Å². The van der Waals surface area contributed by atoms with Crippen LogP contribution in [0.2, 0.25) is 0 Å². The van der Waals surface area contributed by atoms with Crippen molar-refractivity contribution >= 4 is 11.9 Å². The number of hydrogen-bond acceptors (Lipinski definition) is 4. The van der Waals surface area contributed by atoms with Gasteiger partial charge in [0.2, 0.25) is 0 Å². The Kier molecular flexibility index (Phi) is 5.91. The molecule has 0 unspecified atom stereocenters. The van der Waals surface area contributed by atoms with Crippen molar-refractivity contribution in [1.82, 2.24) is 5.32 Å². The molecule has 0 aliphatic rings. The van der Waals surface area contributed by atoms with Gasteiger partial charge in [0, 0.05) is 10.5 Å². The first-order chi connectivity index (χ1) is 9.19. The molecule has 0 saturated carbocycles. The summed E-state index contributed by atoms with van der Waals surface area (Å²) in [7, 11) is 0. The Morgan fingerprint density at radius 1 is 1.42 bits per heavy atom. The number of esters is 1. The van der Waals surface area contributed by atoms with Crippen molar-refractivity contribution in [3.8, 4) is 0 Å². The van der Waals surface area contributed by atoms with Gasteiger partial charge in [-0.2, -0.15) is 0 Å². The van der Waals surface area contributed by atoms with Crippen molar-refractivity contribution < 1.29 is 14.3 Å². The summed E-state index contributed by atoms with van der Waals surface area (Å²) in [5.74, 6) is -1.05. The predicted octanol–water partition coefficient (Wildman–Crippen LogP) is 1.66. The fourth-order valence-electron chi connectivity index (χ4n) is 1.37. The van der Waals surface area contributed by atoms with Gasteiger partial charge in [-0.15, -0.1) is 0 Å². The Hall–Kier alpha value is -2.53. The van der Waals surface area contributed by atoms with E-state index in [2.05, 4.69) is 15.3 Å². The zero-order valence-electron chi connectivity index (χ0n) is 10.4. The molecule has 0 fully saturated rings. The quantitative estimate of drug-likeness (QED) is 0.365. The number of ether oxygens (including phenoxy) is 1. The van der Waals surface area contributed by atoms with Crippen LogP contribution in [-0.2, 0) is 9.53 Å². The predicted molar refractivity (Wildman–Crippen MR) is 68.3 cm³/mol. The summed E-state index contributed by atoms with van der Waals surface area (Å²) in [5.41, 5.74) is 8.69. The molecule has 1 N–H and O–H groups in total.